The molecular weight excluding hydrogens is 198 g/mol. The molecule has 0 N–H and O–H groups in total. The topological polar surface area (TPSA) is 29.5 Å². The minimum Gasteiger partial charge on any atom is -0.378 e. The minimum absolute atomic E-state index is 0.231. The molecule has 0 saturated carbocycles. The van der Waals surface area contributed by atoms with Crippen LogP contribution >= 0.6 is 12.6 Å². The molecule has 3 nitrogen and oxygen atoms in total. The van der Waals surface area contributed by atoms with Crippen LogP contribution < -0.4 is 0 Å². The Morgan fingerprint density at radius 3 is 2.64 bits per heavy atom. The lowest BCUT2D eigenvalue weighted by Crippen LogP contribution is -2.40. The fraction of sp³-hybridized carbons (Fsp3) is 0.900. The molecule has 4 heteroatoms. The molecule has 1 rings (SSSR count). The predicted octanol–water partition coefficient (Wildman–Crippen LogP) is 1.33. The third kappa shape index (κ3) is 3.50. The molecule has 0 bridgehead atoms. The Morgan fingerprint density at radius 2 is 2.14 bits per heavy atom. The van der Waals surface area contributed by atoms with Crippen molar-refractivity contribution in [2.24, 2.45) is 0 Å². The molecule has 82 valence electrons. The molecule has 0 atom stereocenters. The van der Waals surface area contributed by atoms with Crippen molar-refractivity contribution in [3.63, 3.8) is 0 Å². The highest BCUT2D eigenvalue weighted by Crippen LogP contribution is 2.14. The van der Waals surface area contributed by atoms with Gasteiger partial charge in [0.05, 0.1) is 6.10 Å². The van der Waals surface area contributed by atoms with Gasteiger partial charge in [-0.3, -0.25) is 4.79 Å². The van der Waals surface area contributed by atoms with E-state index in [0.29, 0.717) is 18.3 Å². The first kappa shape index (κ1) is 11.9. The van der Waals surface area contributed by atoms with Gasteiger partial charge in [-0.1, -0.05) is 0 Å². The number of rotatable bonds is 4. The second kappa shape index (κ2) is 6.30. The van der Waals surface area contributed by atoms with Gasteiger partial charge in [0.15, 0.2) is 0 Å². The SMILES string of the molecule is CCOC1CCN(C(=O)CCS)CC1. The number of nitrogens with zero attached hydrogens (tertiary/aromatic N) is 1. The van der Waals surface area contributed by atoms with Gasteiger partial charge in [0, 0.05) is 26.1 Å². The second-order valence-corrected chi connectivity index (χ2v) is 3.96. The predicted molar refractivity (Wildman–Crippen MR) is 59.7 cm³/mol. The average molecular weight is 217 g/mol. The van der Waals surface area contributed by atoms with Gasteiger partial charge >= 0.3 is 0 Å². The maximum Gasteiger partial charge on any atom is 0.223 e. The zero-order valence-corrected chi connectivity index (χ0v) is 9.63. The summed E-state index contributed by atoms with van der Waals surface area (Å²) in [7, 11) is 0. The van der Waals surface area contributed by atoms with Crippen molar-refractivity contribution in [3.05, 3.63) is 0 Å². The van der Waals surface area contributed by atoms with E-state index in [-0.39, 0.29) is 5.91 Å². The van der Waals surface area contributed by atoms with Crippen LogP contribution in [0.3, 0.4) is 0 Å². The molecule has 1 amide bonds. The Hall–Kier alpha value is -0.220. The molecule has 0 aliphatic carbocycles. The van der Waals surface area contributed by atoms with Crippen LogP contribution in [0.15, 0.2) is 0 Å². The lowest BCUT2D eigenvalue weighted by atomic mass is 10.1. The van der Waals surface area contributed by atoms with E-state index in [9.17, 15) is 4.79 Å². The number of piperidine rings is 1. The highest BCUT2D eigenvalue weighted by atomic mass is 32.1. The number of thiol groups is 1. The van der Waals surface area contributed by atoms with Gasteiger partial charge < -0.3 is 9.64 Å². The molecule has 1 saturated heterocycles. The smallest absolute Gasteiger partial charge is 0.223 e. The van der Waals surface area contributed by atoms with E-state index in [1.54, 1.807) is 0 Å². The zero-order valence-electron chi connectivity index (χ0n) is 8.74. The molecule has 0 radical (unpaired) electrons. The summed E-state index contributed by atoms with van der Waals surface area (Å²) in [6.45, 7) is 4.47. The van der Waals surface area contributed by atoms with E-state index in [1.807, 2.05) is 11.8 Å². The molecule has 0 aromatic rings. The fourth-order valence-corrected chi connectivity index (χ4v) is 1.95. The van der Waals surface area contributed by atoms with E-state index in [0.717, 1.165) is 32.5 Å². The number of hydrogen-bond donors (Lipinski definition) is 1. The molecule has 0 aromatic carbocycles. The van der Waals surface area contributed by atoms with Crippen LogP contribution in [0.25, 0.3) is 0 Å². The van der Waals surface area contributed by atoms with Crippen LogP contribution in [0, 0.1) is 0 Å². The summed E-state index contributed by atoms with van der Waals surface area (Å²) >= 11 is 4.06. The van der Waals surface area contributed by atoms with Crippen molar-refractivity contribution >= 4 is 18.5 Å². The third-order valence-corrected chi connectivity index (χ3v) is 2.75. The number of ether oxygens (including phenoxy) is 1. The van der Waals surface area contributed by atoms with Gasteiger partial charge in [0.2, 0.25) is 5.91 Å². The monoisotopic (exact) mass is 217 g/mol. The number of likely N-dealkylation sites (tertiary alicyclic amines) is 1. The first-order valence-corrected chi connectivity index (χ1v) is 5.91. The van der Waals surface area contributed by atoms with Crippen LogP contribution in [-0.4, -0.2) is 42.4 Å². The Balaban J connectivity index is 2.24. The average Bonchev–Trinajstić information content (AvgIpc) is 2.20. The van der Waals surface area contributed by atoms with Crippen molar-refractivity contribution in [1.29, 1.82) is 0 Å². The van der Waals surface area contributed by atoms with Gasteiger partial charge in [-0.25, -0.2) is 0 Å². The third-order valence-electron chi connectivity index (χ3n) is 2.52. The standard InChI is InChI=1S/C10H19NO2S/c1-2-13-9-3-6-11(7-4-9)10(12)5-8-14/h9,14H,2-8H2,1H3. The van der Waals surface area contributed by atoms with Crippen molar-refractivity contribution in [2.45, 2.75) is 32.3 Å². The molecule has 0 aromatic heterocycles. The number of hydrogen-bond acceptors (Lipinski definition) is 3. The summed E-state index contributed by atoms with van der Waals surface area (Å²) in [5, 5.41) is 0. The molecule has 0 spiro atoms. The van der Waals surface area contributed by atoms with Crippen molar-refractivity contribution < 1.29 is 9.53 Å². The Kier molecular flexibility index (Phi) is 5.33. The largest absolute Gasteiger partial charge is 0.378 e. The first-order chi connectivity index (χ1) is 6.77. The van der Waals surface area contributed by atoms with Crippen LogP contribution in [-0.2, 0) is 9.53 Å². The van der Waals surface area contributed by atoms with Crippen LogP contribution in [0.2, 0.25) is 0 Å². The Morgan fingerprint density at radius 1 is 1.50 bits per heavy atom. The second-order valence-electron chi connectivity index (χ2n) is 3.51. The number of carbonyl (C=O) groups excluding carboxylic acids is 1. The van der Waals surface area contributed by atoms with E-state index < -0.39 is 0 Å². The summed E-state index contributed by atoms with van der Waals surface area (Å²) in [5.41, 5.74) is 0. The molecular formula is C10H19NO2S. The fourth-order valence-electron chi connectivity index (χ4n) is 1.76. The van der Waals surface area contributed by atoms with E-state index >= 15 is 0 Å². The molecule has 1 aliphatic heterocycles. The molecule has 14 heavy (non-hydrogen) atoms. The van der Waals surface area contributed by atoms with E-state index in [4.69, 9.17) is 4.74 Å². The summed E-state index contributed by atoms with van der Waals surface area (Å²) in [6, 6.07) is 0. The molecule has 1 aliphatic rings. The van der Waals surface area contributed by atoms with Crippen LogP contribution in [0.4, 0.5) is 0 Å². The Bertz CT molecular complexity index is 179. The van der Waals surface area contributed by atoms with Crippen molar-refractivity contribution in [1.82, 2.24) is 4.90 Å². The lowest BCUT2D eigenvalue weighted by molar-refractivity contribution is -0.133. The number of carbonyl (C=O) groups is 1. The molecule has 1 heterocycles. The summed E-state index contributed by atoms with van der Waals surface area (Å²) in [6.07, 6.45) is 2.88. The summed E-state index contributed by atoms with van der Waals surface area (Å²) in [4.78, 5) is 13.4. The highest BCUT2D eigenvalue weighted by Gasteiger charge is 2.21. The maximum atomic E-state index is 11.5. The minimum atomic E-state index is 0.231. The van der Waals surface area contributed by atoms with E-state index in [1.165, 1.54) is 0 Å². The summed E-state index contributed by atoms with van der Waals surface area (Å²) in [5.74, 6) is 0.875. The van der Waals surface area contributed by atoms with Gasteiger partial charge in [0.1, 0.15) is 0 Å². The Labute approximate surface area is 91.2 Å². The summed E-state index contributed by atoms with van der Waals surface area (Å²) < 4.78 is 5.52. The lowest BCUT2D eigenvalue weighted by Gasteiger charge is -2.31. The quantitative estimate of drug-likeness (QED) is 0.720. The zero-order chi connectivity index (χ0) is 10.4. The van der Waals surface area contributed by atoms with Crippen molar-refractivity contribution in [2.75, 3.05) is 25.4 Å². The van der Waals surface area contributed by atoms with E-state index in [2.05, 4.69) is 12.6 Å². The normalized spacial score (nSPS) is 18.6. The molecule has 1 fully saturated rings. The highest BCUT2D eigenvalue weighted by molar-refractivity contribution is 7.80. The van der Waals surface area contributed by atoms with Gasteiger partial charge in [-0.2, -0.15) is 12.6 Å². The van der Waals surface area contributed by atoms with Crippen LogP contribution in [0.1, 0.15) is 26.2 Å². The number of amides is 1. The first-order valence-electron chi connectivity index (χ1n) is 5.28. The van der Waals surface area contributed by atoms with Gasteiger partial charge in [-0.15, -0.1) is 0 Å². The van der Waals surface area contributed by atoms with Crippen molar-refractivity contribution in [3.8, 4) is 0 Å². The van der Waals surface area contributed by atoms with Gasteiger partial charge in [-0.05, 0) is 25.5 Å². The molecule has 0 unspecified atom stereocenters. The maximum absolute atomic E-state index is 11.5. The van der Waals surface area contributed by atoms with Crippen LogP contribution in [0.5, 0.6) is 0 Å². The van der Waals surface area contributed by atoms with Gasteiger partial charge in [0.25, 0.3) is 0 Å².